The van der Waals surface area contributed by atoms with Crippen LogP contribution in [0.1, 0.15) is 11.1 Å². The first-order chi connectivity index (χ1) is 16.9. The molecule has 0 fully saturated rings. The maximum atomic E-state index is 13.5. The Labute approximate surface area is 211 Å². The van der Waals surface area contributed by atoms with E-state index in [-0.39, 0.29) is 10.6 Å². The van der Waals surface area contributed by atoms with Gasteiger partial charge in [0.15, 0.2) is 0 Å². The Morgan fingerprint density at radius 3 is 2.37 bits per heavy atom. The Morgan fingerprint density at radius 1 is 0.971 bits per heavy atom. The predicted molar refractivity (Wildman–Crippen MR) is 141 cm³/mol. The van der Waals surface area contributed by atoms with Crippen LogP contribution in [0.4, 0.5) is 5.69 Å². The van der Waals surface area contributed by atoms with E-state index in [0.717, 1.165) is 10.1 Å². The first-order valence-electron chi connectivity index (χ1n) is 11.1. The van der Waals surface area contributed by atoms with Gasteiger partial charge in [0.2, 0.25) is 5.91 Å². The molecule has 0 saturated carbocycles. The molecule has 3 aromatic rings. The average Bonchev–Trinajstić information content (AvgIpc) is 2.88. The number of aryl methyl sites for hydroxylation is 1. The van der Waals surface area contributed by atoms with Crippen molar-refractivity contribution in [1.29, 1.82) is 0 Å². The number of carbonyl (C=O) groups excluding carboxylic acids is 1. The number of hydrogen-bond donors (Lipinski definition) is 1. The van der Waals surface area contributed by atoms with Gasteiger partial charge in [0.25, 0.3) is 10.0 Å². The Balaban J connectivity index is 1.74. The standard InChI is InChI=1S/C26H30N2O5S2/c1-20-9-7-8-10-21(20)19-34-16-15-27-26(29)18-28(35(30,31)23-11-5-4-6-12-23)24-17-22(32-2)13-14-25(24)33-3/h4-14,17H,15-16,18-19H2,1-3H3,(H,27,29). The number of nitrogens with zero attached hydrogens (tertiary/aromatic N) is 1. The highest BCUT2D eigenvalue weighted by molar-refractivity contribution is 7.98. The first-order valence-corrected chi connectivity index (χ1v) is 13.6. The number of carbonyl (C=O) groups is 1. The molecule has 1 N–H and O–H groups in total. The maximum absolute atomic E-state index is 13.5. The Kier molecular flexibility index (Phi) is 9.45. The molecule has 0 saturated heterocycles. The number of rotatable bonds is 12. The fraction of sp³-hybridized carbons (Fsp3) is 0.269. The van der Waals surface area contributed by atoms with E-state index in [2.05, 4.69) is 24.4 Å². The van der Waals surface area contributed by atoms with Crippen molar-refractivity contribution in [2.45, 2.75) is 17.6 Å². The third-order valence-electron chi connectivity index (χ3n) is 5.36. The van der Waals surface area contributed by atoms with Crippen LogP contribution in [-0.2, 0) is 20.6 Å². The highest BCUT2D eigenvalue weighted by Gasteiger charge is 2.29. The molecule has 0 unspecified atom stereocenters. The molecule has 0 aliphatic carbocycles. The predicted octanol–water partition coefficient (Wildman–Crippen LogP) is 4.26. The summed E-state index contributed by atoms with van der Waals surface area (Å²) in [6, 6.07) is 21.0. The molecule has 9 heteroatoms. The minimum absolute atomic E-state index is 0.0754. The third kappa shape index (κ3) is 6.93. The minimum Gasteiger partial charge on any atom is -0.497 e. The quantitative estimate of drug-likeness (QED) is 0.364. The zero-order chi connectivity index (χ0) is 25.3. The van der Waals surface area contributed by atoms with Gasteiger partial charge in [-0.3, -0.25) is 9.10 Å². The average molecular weight is 515 g/mol. The summed E-state index contributed by atoms with van der Waals surface area (Å²) >= 11 is 1.71. The van der Waals surface area contributed by atoms with Gasteiger partial charge in [0, 0.05) is 24.1 Å². The van der Waals surface area contributed by atoms with Crippen molar-refractivity contribution in [2.24, 2.45) is 0 Å². The molecule has 0 aromatic heterocycles. The summed E-state index contributed by atoms with van der Waals surface area (Å²) in [4.78, 5) is 12.9. The van der Waals surface area contributed by atoms with E-state index in [4.69, 9.17) is 9.47 Å². The number of anilines is 1. The van der Waals surface area contributed by atoms with Gasteiger partial charge in [-0.15, -0.1) is 0 Å². The summed E-state index contributed by atoms with van der Waals surface area (Å²) in [7, 11) is -1.11. The first kappa shape index (κ1) is 26.4. The molecule has 0 bridgehead atoms. The summed E-state index contributed by atoms with van der Waals surface area (Å²) in [5, 5.41) is 2.84. The molecule has 35 heavy (non-hydrogen) atoms. The van der Waals surface area contributed by atoms with Crippen LogP contribution in [0.25, 0.3) is 0 Å². The number of hydrogen-bond acceptors (Lipinski definition) is 6. The van der Waals surface area contributed by atoms with Crippen LogP contribution in [-0.4, -0.2) is 47.4 Å². The zero-order valence-electron chi connectivity index (χ0n) is 20.1. The summed E-state index contributed by atoms with van der Waals surface area (Å²) < 4.78 is 38.8. The van der Waals surface area contributed by atoms with E-state index in [9.17, 15) is 13.2 Å². The molecule has 186 valence electrons. The van der Waals surface area contributed by atoms with Crippen molar-refractivity contribution < 1.29 is 22.7 Å². The molecule has 0 aliphatic heterocycles. The highest BCUT2D eigenvalue weighted by atomic mass is 32.2. The van der Waals surface area contributed by atoms with Crippen LogP contribution in [0.5, 0.6) is 11.5 Å². The topological polar surface area (TPSA) is 84.9 Å². The second-order valence-corrected chi connectivity index (χ2v) is 10.7. The van der Waals surface area contributed by atoms with Crippen LogP contribution in [0, 0.1) is 6.92 Å². The normalized spacial score (nSPS) is 11.1. The third-order valence-corrected chi connectivity index (χ3v) is 8.14. The SMILES string of the molecule is COc1ccc(OC)c(N(CC(=O)NCCSCc2ccccc2C)S(=O)(=O)c2ccccc2)c1. The van der Waals surface area contributed by atoms with Crippen LogP contribution in [0.2, 0.25) is 0 Å². The van der Waals surface area contributed by atoms with Crippen LogP contribution >= 0.6 is 11.8 Å². The van der Waals surface area contributed by atoms with Crippen molar-refractivity contribution in [3.8, 4) is 11.5 Å². The van der Waals surface area contributed by atoms with E-state index in [1.807, 2.05) is 12.1 Å². The van der Waals surface area contributed by atoms with Gasteiger partial charge in [-0.2, -0.15) is 11.8 Å². The van der Waals surface area contributed by atoms with Crippen molar-refractivity contribution >= 4 is 33.4 Å². The Hall–Kier alpha value is -3.17. The second kappa shape index (κ2) is 12.5. The van der Waals surface area contributed by atoms with Gasteiger partial charge in [0.1, 0.15) is 18.0 Å². The number of methoxy groups -OCH3 is 2. The van der Waals surface area contributed by atoms with Crippen molar-refractivity contribution in [3.05, 3.63) is 83.9 Å². The lowest BCUT2D eigenvalue weighted by molar-refractivity contribution is -0.119. The number of ether oxygens (including phenoxy) is 2. The molecule has 0 atom stereocenters. The summed E-state index contributed by atoms with van der Waals surface area (Å²) in [5.41, 5.74) is 2.71. The lowest BCUT2D eigenvalue weighted by atomic mass is 10.1. The van der Waals surface area contributed by atoms with E-state index >= 15 is 0 Å². The number of benzene rings is 3. The van der Waals surface area contributed by atoms with Crippen molar-refractivity contribution in [2.75, 3.05) is 37.4 Å². The van der Waals surface area contributed by atoms with Crippen molar-refractivity contribution in [3.63, 3.8) is 0 Å². The van der Waals surface area contributed by atoms with E-state index in [1.54, 1.807) is 48.2 Å². The fourth-order valence-electron chi connectivity index (χ4n) is 3.41. The molecule has 7 nitrogen and oxygen atoms in total. The number of sulfonamides is 1. The van der Waals surface area contributed by atoms with Gasteiger partial charge in [-0.1, -0.05) is 42.5 Å². The molecule has 0 heterocycles. The summed E-state index contributed by atoms with van der Waals surface area (Å²) in [5.74, 6) is 1.89. The van der Waals surface area contributed by atoms with Gasteiger partial charge in [0.05, 0.1) is 24.8 Å². The fourth-order valence-corrected chi connectivity index (χ4v) is 5.79. The van der Waals surface area contributed by atoms with E-state index in [1.165, 1.54) is 37.5 Å². The number of nitrogens with one attached hydrogen (secondary N) is 1. The molecule has 1 amide bonds. The second-order valence-electron chi connectivity index (χ2n) is 7.69. The summed E-state index contributed by atoms with van der Waals surface area (Å²) in [6.45, 7) is 2.10. The number of thioether (sulfide) groups is 1. The van der Waals surface area contributed by atoms with Crippen LogP contribution in [0.3, 0.4) is 0 Å². The Bertz CT molecular complexity index is 1230. The molecular formula is C26H30N2O5S2. The van der Waals surface area contributed by atoms with Crippen LogP contribution in [0.15, 0.2) is 77.7 Å². The molecular weight excluding hydrogens is 484 g/mol. The summed E-state index contributed by atoms with van der Waals surface area (Å²) in [6.07, 6.45) is 0. The van der Waals surface area contributed by atoms with Crippen LogP contribution < -0.4 is 19.1 Å². The molecule has 0 aliphatic rings. The van der Waals surface area contributed by atoms with Gasteiger partial charge >= 0.3 is 0 Å². The maximum Gasteiger partial charge on any atom is 0.264 e. The Morgan fingerprint density at radius 2 is 1.69 bits per heavy atom. The largest absolute Gasteiger partial charge is 0.497 e. The molecule has 3 aromatic carbocycles. The lowest BCUT2D eigenvalue weighted by Crippen LogP contribution is -2.41. The monoisotopic (exact) mass is 514 g/mol. The molecule has 0 spiro atoms. The molecule has 0 radical (unpaired) electrons. The highest BCUT2D eigenvalue weighted by Crippen LogP contribution is 2.35. The lowest BCUT2D eigenvalue weighted by Gasteiger charge is -2.26. The van der Waals surface area contributed by atoms with Gasteiger partial charge in [-0.05, 0) is 42.3 Å². The van der Waals surface area contributed by atoms with Gasteiger partial charge < -0.3 is 14.8 Å². The van der Waals surface area contributed by atoms with Gasteiger partial charge in [-0.25, -0.2) is 8.42 Å². The van der Waals surface area contributed by atoms with Crippen molar-refractivity contribution in [1.82, 2.24) is 5.32 Å². The van der Waals surface area contributed by atoms with E-state index < -0.39 is 22.5 Å². The van der Waals surface area contributed by atoms with E-state index in [0.29, 0.717) is 23.8 Å². The minimum atomic E-state index is -4.05. The number of amides is 1. The smallest absolute Gasteiger partial charge is 0.264 e. The molecule has 3 rings (SSSR count). The zero-order valence-corrected chi connectivity index (χ0v) is 21.7.